The third-order valence-electron chi connectivity index (χ3n) is 4.82. The highest BCUT2D eigenvalue weighted by molar-refractivity contribution is 6.01. The average molecular weight is 429 g/mol. The molecule has 3 aromatic rings. The van der Waals surface area contributed by atoms with Crippen molar-refractivity contribution in [3.63, 3.8) is 0 Å². The SMILES string of the molecule is COCCNC(=O)c1c(O)c2ncc(Cc3ccc(F)cc3)cc2n(CCCO)c1=O. The van der Waals surface area contributed by atoms with Crippen molar-refractivity contribution in [3.8, 4) is 5.75 Å². The number of aliphatic hydroxyl groups is 1. The Hall–Kier alpha value is -3.30. The number of aromatic nitrogens is 2. The Morgan fingerprint density at radius 1 is 1.26 bits per heavy atom. The topological polar surface area (TPSA) is 114 Å². The summed E-state index contributed by atoms with van der Waals surface area (Å²) >= 11 is 0. The fraction of sp³-hybridized carbons (Fsp3) is 0.318. The van der Waals surface area contributed by atoms with Gasteiger partial charge in [-0.15, -0.1) is 0 Å². The van der Waals surface area contributed by atoms with E-state index in [4.69, 9.17) is 4.74 Å². The first-order valence-electron chi connectivity index (χ1n) is 9.83. The molecule has 9 heteroatoms. The maximum atomic E-state index is 13.2. The highest BCUT2D eigenvalue weighted by atomic mass is 19.1. The molecule has 0 unspecified atom stereocenters. The molecule has 0 radical (unpaired) electrons. The molecule has 3 rings (SSSR count). The van der Waals surface area contributed by atoms with E-state index < -0.39 is 22.8 Å². The van der Waals surface area contributed by atoms with Gasteiger partial charge in [-0.3, -0.25) is 14.6 Å². The van der Waals surface area contributed by atoms with Gasteiger partial charge in [-0.1, -0.05) is 12.1 Å². The molecule has 0 spiro atoms. The molecule has 1 aromatic carbocycles. The minimum absolute atomic E-state index is 0.109. The summed E-state index contributed by atoms with van der Waals surface area (Å²) in [6, 6.07) is 7.74. The van der Waals surface area contributed by atoms with Crippen LogP contribution >= 0.6 is 0 Å². The van der Waals surface area contributed by atoms with Gasteiger partial charge in [0.25, 0.3) is 11.5 Å². The number of halogens is 1. The number of methoxy groups -OCH3 is 1. The number of amides is 1. The van der Waals surface area contributed by atoms with Crippen molar-refractivity contribution in [2.75, 3.05) is 26.9 Å². The number of nitrogens with one attached hydrogen (secondary N) is 1. The number of carbonyl (C=O) groups excluding carboxylic acids is 1. The number of carbonyl (C=O) groups is 1. The lowest BCUT2D eigenvalue weighted by atomic mass is 10.1. The molecule has 0 bridgehead atoms. The van der Waals surface area contributed by atoms with E-state index in [1.165, 1.54) is 23.8 Å². The number of nitrogens with zero attached hydrogens (tertiary/aromatic N) is 2. The van der Waals surface area contributed by atoms with Gasteiger partial charge in [0.1, 0.15) is 16.9 Å². The summed E-state index contributed by atoms with van der Waals surface area (Å²) in [4.78, 5) is 29.9. The van der Waals surface area contributed by atoms with Gasteiger partial charge in [-0.2, -0.15) is 0 Å². The summed E-state index contributed by atoms with van der Waals surface area (Å²) in [5, 5.41) is 22.4. The summed E-state index contributed by atoms with van der Waals surface area (Å²) in [7, 11) is 1.48. The highest BCUT2D eigenvalue weighted by Gasteiger charge is 2.23. The number of pyridine rings is 2. The summed E-state index contributed by atoms with van der Waals surface area (Å²) in [6.07, 6.45) is 2.27. The normalized spacial score (nSPS) is 11.1. The predicted octanol–water partition coefficient (Wildman–Crippen LogP) is 1.59. The molecule has 1 amide bonds. The van der Waals surface area contributed by atoms with Crippen molar-refractivity contribution in [2.24, 2.45) is 0 Å². The zero-order valence-corrected chi connectivity index (χ0v) is 17.1. The van der Waals surface area contributed by atoms with Crippen LogP contribution < -0.4 is 10.9 Å². The quantitative estimate of drug-likeness (QED) is 0.445. The summed E-state index contributed by atoms with van der Waals surface area (Å²) in [5.74, 6) is -1.56. The number of hydrogen-bond acceptors (Lipinski definition) is 6. The second kappa shape index (κ2) is 10.1. The van der Waals surface area contributed by atoms with Gasteiger partial charge in [0.05, 0.1) is 12.1 Å². The average Bonchev–Trinajstić information content (AvgIpc) is 2.75. The number of fused-ring (bicyclic) bond motifs is 1. The Kier molecular flexibility index (Phi) is 7.32. The van der Waals surface area contributed by atoms with Crippen LogP contribution in [0.4, 0.5) is 4.39 Å². The molecule has 0 aliphatic carbocycles. The lowest BCUT2D eigenvalue weighted by molar-refractivity contribution is 0.0932. The van der Waals surface area contributed by atoms with Crippen molar-refractivity contribution in [3.05, 3.63) is 69.4 Å². The van der Waals surface area contributed by atoms with Crippen LogP contribution in [0.2, 0.25) is 0 Å². The molecule has 0 aliphatic heterocycles. The van der Waals surface area contributed by atoms with Crippen molar-refractivity contribution in [1.29, 1.82) is 0 Å². The number of hydrogen-bond donors (Lipinski definition) is 3. The minimum Gasteiger partial charge on any atom is -0.505 e. The van der Waals surface area contributed by atoms with E-state index >= 15 is 0 Å². The van der Waals surface area contributed by atoms with E-state index in [0.29, 0.717) is 11.9 Å². The fourth-order valence-electron chi connectivity index (χ4n) is 3.29. The van der Waals surface area contributed by atoms with Crippen LogP contribution in [-0.2, 0) is 17.7 Å². The largest absolute Gasteiger partial charge is 0.505 e. The number of benzene rings is 1. The molecular formula is C22H24FN3O5. The van der Waals surface area contributed by atoms with Crippen molar-refractivity contribution in [2.45, 2.75) is 19.4 Å². The van der Waals surface area contributed by atoms with Gasteiger partial charge in [-0.25, -0.2) is 4.39 Å². The van der Waals surface area contributed by atoms with E-state index in [2.05, 4.69) is 10.3 Å². The van der Waals surface area contributed by atoms with Gasteiger partial charge in [0.15, 0.2) is 5.75 Å². The maximum absolute atomic E-state index is 13.2. The number of ether oxygens (including phenoxy) is 1. The summed E-state index contributed by atoms with van der Waals surface area (Å²) in [6.45, 7) is 0.426. The number of rotatable bonds is 9. The Morgan fingerprint density at radius 3 is 2.68 bits per heavy atom. The highest BCUT2D eigenvalue weighted by Crippen LogP contribution is 2.26. The van der Waals surface area contributed by atoms with Crippen LogP contribution in [0.1, 0.15) is 27.9 Å². The van der Waals surface area contributed by atoms with E-state index in [1.54, 1.807) is 24.4 Å². The molecule has 2 heterocycles. The lowest BCUT2D eigenvalue weighted by Gasteiger charge is -2.15. The molecule has 0 aliphatic rings. The van der Waals surface area contributed by atoms with Gasteiger partial charge in [-0.05, 0) is 42.2 Å². The lowest BCUT2D eigenvalue weighted by Crippen LogP contribution is -2.35. The standard InChI is InChI=1S/C22H24FN3O5/c1-31-10-7-24-21(29)18-20(28)19-17(26(22(18)30)8-2-9-27)12-15(13-25-19)11-14-3-5-16(23)6-4-14/h3-6,12-13,27-28H,2,7-11H2,1H3,(H,24,29). The first kappa shape index (κ1) is 22.4. The van der Waals surface area contributed by atoms with Crippen LogP contribution in [0, 0.1) is 5.82 Å². The Morgan fingerprint density at radius 2 is 2.00 bits per heavy atom. The number of aromatic hydroxyl groups is 1. The fourth-order valence-corrected chi connectivity index (χ4v) is 3.29. The number of aryl methyl sites for hydroxylation is 1. The van der Waals surface area contributed by atoms with Gasteiger partial charge >= 0.3 is 0 Å². The Bertz CT molecular complexity index is 1130. The van der Waals surface area contributed by atoms with Crippen LogP contribution in [-0.4, -0.2) is 52.5 Å². The van der Waals surface area contributed by atoms with Crippen LogP contribution in [0.15, 0.2) is 41.3 Å². The summed E-state index contributed by atoms with van der Waals surface area (Å²) < 4.78 is 19.4. The molecule has 0 saturated heterocycles. The van der Waals surface area contributed by atoms with Gasteiger partial charge in [0, 0.05) is 33.0 Å². The third kappa shape index (κ3) is 5.07. The van der Waals surface area contributed by atoms with Gasteiger partial charge in [0.2, 0.25) is 0 Å². The van der Waals surface area contributed by atoms with E-state index in [-0.39, 0.29) is 44.1 Å². The van der Waals surface area contributed by atoms with Crippen LogP contribution in [0.3, 0.4) is 0 Å². The smallest absolute Gasteiger partial charge is 0.267 e. The van der Waals surface area contributed by atoms with Crippen molar-refractivity contribution in [1.82, 2.24) is 14.9 Å². The first-order chi connectivity index (χ1) is 15.0. The second-order valence-electron chi connectivity index (χ2n) is 7.02. The molecule has 8 nitrogen and oxygen atoms in total. The Balaban J connectivity index is 2.07. The molecule has 164 valence electrons. The Labute approximate surface area is 177 Å². The first-order valence-corrected chi connectivity index (χ1v) is 9.83. The maximum Gasteiger partial charge on any atom is 0.267 e. The van der Waals surface area contributed by atoms with E-state index in [1.807, 2.05) is 0 Å². The molecular weight excluding hydrogens is 405 g/mol. The van der Waals surface area contributed by atoms with Crippen molar-refractivity contribution >= 4 is 16.9 Å². The minimum atomic E-state index is -0.726. The van der Waals surface area contributed by atoms with Gasteiger partial charge < -0.3 is 24.8 Å². The summed E-state index contributed by atoms with van der Waals surface area (Å²) in [5.41, 5.74) is 0.980. The molecule has 0 saturated carbocycles. The predicted molar refractivity (Wildman–Crippen MR) is 113 cm³/mol. The second-order valence-corrected chi connectivity index (χ2v) is 7.02. The monoisotopic (exact) mass is 429 g/mol. The zero-order chi connectivity index (χ0) is 22.4. The molecule has 3 N–H and O–H groups in total. The molecule has 0 atom stereocenters. The van der Waals surface area contributed by atoms with Crippen molar-refractivity contribution < 1.29 is 24.1 Å². The third-order valence-corrected chi connectivity index (χ3v) is 4.82. The van der Waals surface area contributed by atoms with Crippen LogP contribution in [0.5, 0.6) is 5.75 Å². The van der Waals surface area contributed by atoms with E-state index in [0.717, 1.165) is 11.1 Å². The molecule has 2 aromatic heterocycles. The number of aliphatic hydroxyl groups excluding tert-OH is 1. The zero-order valence-electron chi connectivity index (χ0n) is 17.1. The molecule has 31 heavy (non-hydrogen) atoms. The van der Waals surface area contributed by atoms with E-state index in [9.17, 15) is 24.2 Å². The molecule has 0 fully saturated rings. The van der Waals surface area contributed by atoms with Crippen LogP contribution in [0.25, 0.3) is 11.0 Å².